The lowest BCUT2D eigenvalue weighted by Gasteiger charge is -2.30. The summed E-state index contributed by atoms with van der Waals surface area (Å²) in [7, 11) is 0. The van der Waals surface area contributed by atoms with Crippen molar-refractivity contribution in [1.29, 1.82) is 0 Å². The van der Waals surface area contributed by atoms with E-state index >= 15 is 0 Å². The van der Waals surface area contributed by atoms with Crippen LogP contribution in [0.5, 0.6) is 17.4 Å². The van der Waals surface area contributed by atoms with Crippen molar-refractivity contribution in [2.45, 2.75) is 64.2 Å². The zero-order chi connectivity index (χ0) is 19.6. The normalized spacial score (nSPS) is 20.3. The van der Waals surface area contributed by atoms with Crippen LogP contribution in [-0.2, 0) is 4.74 Å². The molecule has 146 valence electrons. The van der Waals surface area contributed by atoms with E-state index < -0.39 is 11.7 Å². The van der Waals surface area contributed by atoms with Crippen molar-refractivity contribution < 1.29 is 24.5 Å². The van der Waals surface area contributed by atoms with Crippen molar-refractivity contribution in [3.8, 4) is 17.4 Å². The van der Waals surface area contributed by atoms with Gasteiger partial charge in [-0.1, -0.05) is 0 Å². The number of fused-ring (bicyclic) bond motifs is 1. The Hall–Kier alpha value is -2.77. The number of aromatic nitrogens is 2. The molecule has 0 radical (unpaired) electrons. The van der Waals surface area contributed by atoms with E-state index in [2.05, 4.69) is 15.3 Å². The van der Waals surface area contributed by atoms with Gasteiger partial charge in [0.1, 0.15) is 18.0 Å². The van der Waals surface area contributed by atoms with Gasteiger partial charge in [-0.25, -0.2) is 14.8 Å². The van der Waals surface area contributed by atoms with Gasteiger partial charge in [0, 0.05) is 12.1 Å². The number of carbonyl (C=O) groups is 1. The minimum atomic E-state index is -0.515. The van der Waals surface area contributed by atoms with E-state index in [0.717, 1.165) is 25.7 Å². The van der Waals surface area contributed by atoms with Gasteiger partial charge in [0.05, 0.1) is 10.9 Å². The third-order valence-corrected chi connectivity index (χ3v) is 4.37. The lowest BCUT2D eigenvalue weighted by Crippen LogP contribution is -2.42. The van der Waals surface area contributed by atoms with Crippen LogP contribution in [-0.4, -0.2) is 44.0 Å². The first-order chi connectivity index (χ1) is 12.7. The molecular formula is C19H25N3O5. The molecule has 3 N–H and O–H groups in total. The van der Waals surface area contributed by atoms with E-state index in [0.29, 0.717) is 16.8 Å². The Morgan fingerprint density at radius 2 is 1.78 bits per heavy atom. The second kappa shape index (κ2) is 7.46. The van der Waals surface area contributed by atoms with Gasteiger partial charge in [0.25, 0.3) is 0 Å². The van der Waals surface area contributed by atoms with Crippen molar-refractivity contribution >= 4 is 17.0 Å². The quantitative estimate of drug-likeness (QED) is 0.706. The molecule has 1 aliphatic rings. The van der Waals surface area contributed by atoms with Crippen LogP contribution in [0.2, 0.25) is 0 Å². The van der Waals surface area contributed by atoms with Crippen molar-refractivity contribution in [1.82, 2.24) is 15.3 Å². The fourth-order valence-corrected chi connectivity index (χ4v) is 3.11. The van der Waals surface area contributed by atoms with E-state index in [4.69, 9.17) is 9.47 Å². The molecule has 0 spiro atoms. The largest absolute Gasteiger partial charge is 0.504 e. The summed E-state index contributed by atoms with van der Waals surface area (Å²) in [6, 6.07) is 2.83. The van der Waals surface area contributed by atoms with Crippen LogP contribution in [0.25, 0.3) is 10.9 Å². The Balaban J connectivity index is 1.59. The number of nitrogens with one attached hydrogen (secondary N) is 1. The summed E-state index contributed by atoms with van der Waals surface area (Å²) in [6.07, 6.45) is 3.99. The highest BCUT2D eigenvalue weighted by molar-refractivity contribution is 5.86. The summed E-state index contributed by atoms with van der Waals surface area (Å²) < 4.78 is 11.3. The Morgan fingerprint density at radius 1 is 1.11 bits per heavy atom. The van der Waals surface area contributed by atoms with Crippen LogP contribution >= 0.6 is 0 Å². The number of aromatic hydroxyl groups is 2. The predicted octanol–water partition coefficient (Wildman–Crippen LogP) is 3.26. The minimum Gasteiger partial charge on any atom is -0.504 e. The van der Waals surface area contributed by atoms with Crippen LogP contribution in [0, 0.1) is 0 Å². The summed E-state index contributed by atoms with van der Waals surface area (Å²) in [5.74, 6) is -0.104. The fraction of sp³-hybridized carbons (Fsp3) is 0.526. The van der Waals surface area contributed by atoms with Crippen LogP contribution in [0.3, 0.4) is 0 Å². The summed E-state index contributed by atoms with van der Waals surface area (Å²) in [5.41, 5.74) is -0.0195. The number of phenolic OH excluding ortho intramolecular Hbond substituents is 2. The van der Waals surface area contributed by atoms with Gasteiger partial charge in [-0.2, -0.15) is 0 Å². The Bertz CT molecular complexity index is 826. The van der Waals surface area contributed by atoms with Crippen LogP contribution in [0.4, 0.5) is 4.79 Å². The second-order valence-electron chi connectivity index (χ2n) is 7.77. The van der Waals surface area contributed by atoms with Gasteiger partial charge in [0.2, 0.25) is 5.88 Å². The zero-order valence-corrected chi connectivity index (χ0v) is 15.7. The van der Waals surface area contributed by atoms with Crippen LogP contribution < -0.4 is 10.1 Å². The predicted molar refractivity (Wildman–Crippen MR) is 98.9 cm³/mol. The van der Waals surface area contributed by atoms with Gasteiger partial charge in [0.15, 0.2) is 11.5 Å². The first-order valence-electron chi connectivity index (χ1n) is 9.04. The highest BCUT2D eigenvalue weighted by atomic mass is 16.6. The molecular weight excluding hydrogens is 350 g/mol. The topological polar surface area (TPSA) is 114 Å². The molecule has 1 aromatic heterocycles. The number of phenols is 2. The molecule has 8 heteroatoms. The molecule has 2 aromatic rings. The lowest BCUT2D eigenvalue weighted by molar-refractivity contribution is 0.0470. The van der Waals surface area contributed by atoms with Crippen molar-refractivity contribution in [2.75, 3.05) is 0 Å². The molecule has 27 heavy (non-hydrogen) atoms. The molecule has 0 bridgehead atoms. The third-order valence-electron chi connectivity index (χ3n) is 4.37. The molecule has 1 heterocycles. The number of amides is 1. The number of ether oxygens (including phenoxy) is 2. The smallest absolute Gasteiger partial charge is 0.407 e. The number of hydrogen-bond acceptors (Lipinski definition) is 7. The fourth-order valence-electron chi connectivity index (χ4n) is 3.11. The van der Waals surface area contributed by atoms with E-state index in [9.17, 15) is 15.0 Å². The van der Waals surface area contributed by atoms with Crippen LogP contribution in [0.1, 0.15) is 46.5 Å². The molecule has 1 fully saturated rings. The van der Waals surface area contributed by atoms with Gasteiger partial charge in [-0.3, -0.25) is 0 Å². The molecule has 1 amide bonds. The lowest BCUT2D eigenvalue weighted by atomic mass is 9.93. The van der Waals surface area contributed by atoms with Gasteiger partial charge in [-0.05, 0) is 52.5 Å². The average Bonchev–Trinajstić information content (AvgIpc) is 2.56. The molecule has 1 aromatic carbocycles. The maximum atomic E-state index is 11.9. The molecule has 1 aliphatic carbocycles. The van der Waals surface area contributed by atoms with Crippen LogP contribution in [0.15, 0.2) is 18.5 Å². The highest BCUT2D eigenvalue weighted by Crippen LogP contribution is 2.34. The number of hydrogen-bond donors (Lipinski definition) is 3. The van der Waals surface area contributed by atoms with Crippen molar-refractivity contribution in [2.24, 2.45) is 0 Å². The van der Waals surface area contributed by atoms with E-state index in [-0.39, 0.29) is 23.6 Å². The number of nitrogens with zero attached hydrogens (tertiary/aromatic N) is 2. The maximum Gasteiger partial charge on any atom is 0.407 e. The molecule has 0 atom stereocenters. The maximum absolute atomic E-state index is 11.9. The monoisotopic (exact) mass is 375 g/mol. The molecule has 3 rings (SSSR count). The number of rotatable bonds is 3. The Kier molecular flexibility index (Phi) is 5.25. The van der Waals surface area contributed by atoms with Gasteiger partial charge < -0.3 is 25.0 Å². The summed E-state index contributed by atoms with van der Waals surface area (Å²) in [5, 5.41) is 22.8. The van der Waals surface area contributed by atoms with Crippen molar-refractivity contribution in [3.63, 3.8) is 0 Å². The minimum absolute atomic E-state index is 0.0456. The molecule has 0 saturated heterocycles. The van der Waals surface area contributed by atoms with Gasteiger partial charge in [-0.15, -0.1) is 0 Å². The Morgan fingerprint density at radius 3 is 2.44 bits per heavy atom. The van der Waals surface area contributed by atoms with E-state index in [1.54, 1.807) is 0 Å². The SMILES string of the molecule is CC(C)(C)OC(=O)NC1CCC(Oc2ncnc3cc(O)c(O)cc23)CC1. The Labute approximate surface area is 157 Å². The molecule has 8 nitrogen and oxygen atoms in total. The molecule has 0 aliphatic heterocycles. The first-order valence-corrected chi connectivity index (χ1v) is 9.04. The average molecular weight is 375 g/mol. The zero-order valence-electron chi connectivity index (χ0n) is 15.7. The van der Waals surface area contributed by atoms with Crippen molar-refractivity contribution in [3.05, 3.63) is 18.5 Å². The molecule has 0 unspecified atom stereocenters. The second-order valence-corrected chi connectivity index (χ2v) is 7.77. The first kappa shape index (κ1) is 19.0. The summed E-state index contributed by atoms with van der Waals surface area (Å²) in [6.45, 7) is 5.50. The highest BCUT2D eigenvalue weighted by Gasteiger charge is 2.26. The number of carbonyl (C=O) groups excluding carboxylic acids is 1. The standard InChI is InChI=1S/C19H25N3O5/c1-19(2,3)27-18(25)22-11-4-6-12(7-5-11)26-17-13-8-15(23)16(24)9-14(13)20-10-21-17/h8-12,23-24H,4-7H2,1-3H3,(H,22,25). The molecule has 1 saturated carbocycles. The van der Waals surface area contributed by atoms with E-state index in [1.165, 1.54) is 18.5 Å². The third kappa shape index (κ3) is 4.90. The van der Waals surface area contributed by atoms with E-state index in [1.807, 2.05) is 20.8 Å². The summed E-state index contributed by atoms with van der Waals surface area (Å²) in [4.78, 5) is 20.1. The number of alkyl carbamates (subject to hydrolysis) is 1. The van der Waals surface area contributed by atoms with Gasteiger partial charge >= 0.3 is 6.09 Å². The number of benzene rings is 1. The summed E-state index contributed by atoms with van der Waals surface area (Å²) >= 11 is 0.